The van der Waals surface area contributed by atoms with E-state index >= 15 is 0 Å². The molecule has 13 heteroatoms. The van der Waals surface area contributed by atoms with Gasteiger partial charge in [-0.1, -0.05) is 0 Å². The number of hydrogen-bond donors (Lipinski definition) is 0. The summed E-state index contributed by atoms with van der Waals surface area (Å²) in [5.74, 6) is -0.974. The lowest BCUT2D eigenvalue weighted by Gasteiger charge is -2.38. The van der Waals surface area contributed by atoms with Crippen molar-refractivity contribution in [2.45, 2.75) is 38.0 Å². The summed E-state index contributed by atoms with van der Waals surface area (Å²) in [5.41, 5.74) is 0.369. The summed E-state index contributed by atoms with van der Waals surface area (Å²) in [5, 5.41) is 6.82. The van der Waals surface area contributed by atoms with Gasteiger partial charge in [0.05, 0.1) is 34.7 Å². The summed E-state index contributed by atoms with van der Waals surface area (Å²) in [6.45, 7) is 1.60. The third-order valence-electron chi connectivity index (χ3n) is 6.39. The summed E-state index contributed by atoms with van der Waals surface area (Å²) < 4.78 is 70.9. The van der Waals surface area contributed by atoms with Gasteiger partial charge in [0, 0.05) is 19.3 Å². The average molecular weight is 524 g/mol. The number of alkyl halides is 5. The Bertz CT molecular complexity index is 1210. The van der Waals surface area contributed by atoms with Gasteiger partial charge in [0.25, 0.3) is 5.89 Å². The number of hydrogen-bond acceptors (Lipinski definition) is 7. The maximum atomic E-state index is 13.5. The molecule has 0 N–H and O–H groups in total. The van der Waals surface area contributed by atoms with E-state index in [2.05, 4.69) is 20.1 Å². The number of amides is 1. The predicted molar refractivity (Wildman–Crippen MR) is 125 cm³/mol. The number of pyridine rings is 1. The zero-order valence-electron chi connectivity index (χ0n) is 20.1. The molecular formula is C24H25F5N6O2. The fourth-order valence-corrected chi connectivity index (χ4v) is 4.24. The number of carbonyl (C=O) groups is 1. The van der Waals surface area contributed by atoms with Gasteiger partial charge in [-0.05, 0) is 63.3 Å². The number of carbonyl (C=O) groups excluding carboxylic acids is 1. The van der Waals surface area contributed by atoms with E-state index in [4.69, 9.17) is 4.42 Å². The molecule has 1 aliphatic heterocycles. The average Bonchev–Trinajstić information content (AvgIpc) is 3.38. The van der Waals surface area contributed by atoms with Gasteiger partial charge in [0.2, 0.25) is 12.3 Å². The third kappa shape index (κ3) is 6.04. The zero-order valence-corrected chi connectivity index (χ0v) is 20.1. The van der Waals surface area contributed by atoms with Crippen LogP contribution in [0.5, 0.6) is 0 Å². The molecule has 1 amide bonds. The van der Waals surface area contributed by atoms with Gasteiger partial charge >= 0.3 is 12.6 Å². The minimum absolute atomic E-state index is 0.102. The van der Waals surface area contributed by atoms with Gasteiger partial charge in [-0.2, -0.15) is 22.0 Å². The molecule has 0 saturated carbocycles. The Morgan fingerprint density at radius 3 is 2.43 bits per heavy atom. The van der Waals surface area contributed by atoms with E-state index in [9.17, 15) is 26.7 Å². The van der Waals surface area contributed by atoms with Crippen molar-refractivity contribution in [2.24, 2.45) is 0 Å². The van der Waals surface area contributed by atoms with E-state index in [0.717, 1.165) is 38.1 Å². The second-order valence-electron chi connectivity index (χ2n) is 8.86. The first-order chi connectivity index (χ1) is 17.6. The second kappa shape index (κ2) is 10.8. The van der Waals surface area contributed by atoms with Crippen LogP contribution < -0.4 is 9.80 Å². The number of anilines is 2. The Labute approximate surface area is 209 Å². The molecule has 0 unspecified atom stereocenters. The van der Waals surface area contributed by atoms with Gasteiger partial charge in [-0.15, -0.1) is 10.2 Å². The molecule has 1 fully saturated rings. The summed E-state index contributed by atoms with van der Waals surface area (Å²) in [7, 11) is 3.83. The van der Waals surface area contributed by atoms with E-state index in [-0.39, 0.29) is 29.7 Å². The van der Waals surface area contributed by atoms with Gasteiger partial charge in [0.1, 0.15) is 0 Å². The molecule has 0 bridgehead atoms. The molecule has 3 heterocycles. The highest BCUT2D eigenvalue weighted by atomic mass is 19.4. The Morgan fingerprint density at radius 2 is 1.86 bits per heavy atom. The van der Waals surface area contributed by atoms with Gasteiger partial charge in [0.15, 0.2) is 0 Å². The number of piperidine rings is 1. The van der Waals surface area contributed by atoms with Crippen molar-refractivity contribution in [1.82, 2.24) is 20.1 Å². The highest BCUT2D eigenvalue weighted by Crippen LogP contribution is 2.38. The van der Waals surface area contributed by atoms with Crippen molar-refractivity contribution >= 4 is 17.8 Å². The van der Waals surface area contributed by atoms with Crippen LogP contribution in [0, 0.1) is 0 Å². The van der Waals surface area contributed by atoms with Crippen LogP contribution in [0.2, 0.25) is 0 Å². The molecule has 0 spiro atoms. The van der Waals surface area contributed by atoms with Crippen LogP contribution in [0.15, 0.2) is 40.9 Å². The highest BCUT2D eigenvalue weighted by molar-refractivity contribution is 5.84. The Balaban J connectivity index is 1.61. The van der Waals surface area contributed by atoms with Gasteiger partial charge in [-0.25, -0.2) is 0 Å². The minimum Gasteiger partial charge on any atom is -0.415 e. The van der Waals surface area contributed by atoms with Crippen LogP contribution in [0.1, 0.15) is 36.4 Å². The molecule has 0 aliphatic carbocycles. The Morgan fingerprint density at radius 1 is 1.14 bits per heavy atom. The van der Waals surface area contributed by atoms with Crippen LogP contribution in [0.25, 0.3) is 11.5 Å². The van der Waals surface area contributed by atoms with Crippen molar-refractivity contribution in [2.75, 3.05) is 37.0 Å². The smallest absolute Gasteiger partial charge is 0.415 e. The third-order valence-corrected chi connectivity index (χ3v) is 6.39. The van der Waals surface area contributed by atoms with Crippen molar-refractivity contribution < 1.29 is 31.2 Å². The number of aromatic nitrogens is 3. The van der Waals surface area contributed by atoms with Gasteiger partial charge < -0.3 is 19.1 Å². The molecule has 37 heavy (non-hydrogen) atoms. The van der Waals surface area contributed by atoms with E-state index in [1.807, 2.05) is 19.0 Å². The normalized spacial score (nSPS) is 15.2. The van der Waals surface area contributed by atoms with E-state index in [0.29, 0.717) is 17.8 Å². The summed E-state index contributed by atoms with van der Waals surface area (Å²) in [6.07, 6.45) is -4.07. The lowest BCUT2D eigenvalue weighted by molar-refractivity contribution is -0.137. The first-order valence-corrected chi connectivity index (χ1v) is 11.5. The maximum absolute atomic E-state index is 13.5. The molecule has 1 aromatic carbocycles. The SMILES string of the molecule is CN1CCC(N(C)c2ccc(C(F)(F)F)cc2N(C=O)Cc2ccc(-c3nnc(C(F)F)o3)cn2)CC1. The molecule has 3 aromatic rings. The molecule has 198 valence electrons. The van der Waals surface area contributed by atoms with Crippen LogP contribution in [-0.2, 0) is 17.5 Å². The lowest BCUT2D eigenvalue weighted by Crippen LogP contribution is -2.42. The first kappa shape index (κ1) is 26.5. The quantitative estimate of drug-likeness (QED) is 0.310. The Hall–Kier alpha value is -3.61. The highest BCUT2D eigenvalue weighted by Gasteiger charge is 2.33. The summed E-state index contributed by atoms with van der Waals surface area (Å²) >= 11 is 0. The molecule has 1 aliphatic rings. The second-order valence-corrected chi connectivity index (χ2v) is 8.86. The van der Waals surface area contributed by atoms with E-state index in [1.165, 1.54) is 29.3 Å². The van der Waals surface area contributed by atoms with Gasteiger partial charge in [-0.3, -0.25) is 9.78 Å². The lowest BCUT2D eigenvalue weighted by atomic mass is 10.0. The largest absolute Gasteiger partial charge is 0.416 e. The molecule has 0 atom stereocenters. The molecule has 0 radical (unpaired) electrons. The number of nitrogens with zero attached hydrogens (tertiary/aromatic N) is 6. The standard InChI is InChI=1S/C24H25F5N6O2/c1-33-9-7-18(8-10-33)34(2)19-6-4-16(24(27,28)29)11-20(19)35(14-36)13-17-5-3-15(12-30-17)22-31-32-23(37-22)21(25)26/h3-6,11-12,14,18,21H,7-10,13H2,1-2H3. The van der Waals surface area contributed by atoms with Crippen molar-refractivity contribution in [3.63, 3.8) is 0 Å². The molecule has 1 saturated heterocycles. The summed E-state index contributed by atoms with van der Waals surface area (Å²) in [4.78, 5) is 21.6. The molecule has 8 nitrogen and oxygen atoms in total. The maximum Gasteiger partial charge on any atom is 0.416 e. The fraction of sp³-hybridized carbons (Fsp3) is 0.417. The minimum atomic E-state index is -4.59. The van der Waals surface area contributed by atoms with Crippen LogP contribution in [-0.4, -0.2) is 59.7 Å². The number of rotatable bonds is 8. The predicted octanol–water partition coefficient (Wildman–Crippen LogP) is 4.78. The number of benzene rings is 1. The van der Waals surface area contributed by atoms with E-state index in [1.54, 1.807) is 0 Å². The van der Waals surface area contributed by atoms with Crippen molar-refractivity contribution in [3.8, 4) is 11.5 Å². The number of halogens is 5. The zero-order chi connectivity index (χ0) is 26.7. The fourth-order valence-electron chi connectivity index (χ4n) is 4.24. The Kier molecular flexibility index (Phi) is 7.71. The van der Waals surface area contributed by atoms with Crippen LogP contribution >= 0.6 is 0 Å². The van der Waals surface area contributed by atoms with Crippen LogP contribution in [0.3, 0.4) is 0 Å². The number of likely N-dealkylation sites (tertiary alicyclic amines) is 1. The van der Waals surface area contributed by atoms with Crippen LogP contribution in [0.4, 0.5) is 33.3 Å². The van der Waals surface area contributed by atoms with Crippen molar-refractivity contribution in [3.05, 3.63) is 53.7 Å². The molecular weight excluding hydrogens is 499 g/mol. The van der Waals surface area contributed by atoms with E-state index < -0.39 is 24.1 Å². The first-order valence-electron chi connectivity index (χ1n) is 11.5. The monoisotopic (exact) mass is 524 g/mol. The summed E-state index contributed by atoms with van der Waals surface area (Å²) in [6, 6.07) is 6.47. The molecule has 4 rings (SSSR count). The van der Waals surface area contributed by atoms with Crippen molar-refractivity contribution in [1.29, 1.82) is 0 Å². The topological polar surface area (TPSA) is 78.6 Å². The molecule has 2 aromatic heterocycles.